The molecule has 6 heteroatoms. The predicted octanol–water partition coefficient (Wildman–Crippen LogP) is 15.0. The van der Waals surface area contributed by atoms with Gasteiger partial charge in [0.05, 0.1) is 0 Å². The van der Waals surface area contributed by atoms with E-state index in [0.717, 1.165) is 69.6 Å². The molecule has 0 radical (unpaired) electrons. The lowest BCUT2D eigenvalue weighted by Crippen LogP contribution is -2.30. The minimum Gasteiger partial charge on any atom is -0.462 e. The highest BCUT2D eigenvalue weighted by molar-refractivity contribution is 5.71. The van der Waals surface area contributed by atoms with E-state index in [9.17, 15) is 14.4 Å². The molecule has 0 N–H and O–H groups in total. The Balaban J connectivity index is 4.29. The van der Waals surface area contributed by atoms with Crippen LogP contribution in [0.15, 0.2) is 0 Å². The number of esters is 3. The van der Waals surface area contributed by atoms with Crippen molar-refractivity contribution in [2.24, 2.45) is 11.8 Å². The molecule has 0 spiro atoms. The van der Waals surface area contributed by atoms with Crippen LogP contribution >= 0.6 is 0 Å². The summed E-state index contributed by atoms with van der Waals surface area (Å²) in [5.74, 6) is 0.718. The van der Waals surface area contributed by atoms with Crippen molar-refractivity contribution in [3.63, 3.8) is 0 Å². The van der Waals surface area contributed by atoms with E-state index < -0.39 is 6.10 Å². The van der Waals surface area contributed by atoms with Crippen LogP contribution in [0.3, 0.4) is 0 Å². The third-order valence-corrected chi connectivity index (χ3v) is 10.7. The Morgan fingerprint density at radius 1 is 0.352 bits per heavy atom. The fraction of sp³-hybridized carbons (Fsp3) is 0.938. The highest BCUT2D eigenvalue weighted by atomic mass is 16.6. The van der Waals surface area contributed by atoms with Gasteiger partial charge in [-0.1, -0.05) is 221 Å². The van der Waals surface area contributed by atoms with Crippen LogP contribution in [-0.2, 0) is 28.6 Å². The molecule has 0 aliphatic carbocycles. The van der Waals surface area contributed by atoms with E-state index in [0.29, 0.717) is 19.3 Å². The third-order valence-electron chi connectivity index (χ3n) is 10.7. The normalized spacial score (nSPS) is 12.1. The van der Waals surface area contributed by atoms with Gasteiger partial charge in [-0.25, -0.2) is 0 Å². The average Bonchev–Trinajstić information content (AvgIpc) is 3.14. The molecule has 0 aromatic heterocycles. The Hall–Kier alpha value is -1.59. The zero-order valence-electron chi connectivity index (χ0n) is 36.8. The monoisotopic (exact) mass is 765 g/mol. The van der Waals surface area contributed by atoms with Crippen LogP contribution in [0, 0.1) is 11.8 Å². The lowest BCUT2D eigenvalue weighted by atomic mass is 10.0. The molecule has 0 rings (SSSR count). The van der Waals surface area contributed by atoms with Gasteiger partial charge in [-0.3, -0.25) is 14.4 Å². The second kappa shape index (κ2) is 41.1. The molecule has 0 unspecified atom stereocenters. The van der Waals surface area contributed by atoms with Crippen molar-refractivity contribution < 1.29 is 28.6 Å². The molecule has 54 heavy (non-hydrogen) atoms. The van der Waals surface area contributed by atoms with Gasteiger partial charge in [0.15, 0.2) is 6.10 Å². The second-order valence-electron chi connectivity index (χ2n) is 17.3. The van der Waals surface area contributed by atoms with Crippen molar-refractivity contribution in [1.29, 1.82) is 0 Å². The molecule has 0 bridgehead atoms. The quantitative estimate of drug-likeness (QED) is 0.0350. The van der Waals surface area contributed by atoms with E-state index in [1.54, 1.807) is 0 Å². The molecule has 0 amide bonds. The van der Waals surface area contributed by atoms with Gasteiger partial charge in [0.1, 0.15) is 13.2 Å². The summed E-state index contributed by atoms with van der Waals surface area (Å²) in [6.07, 6.45) is 39.6. The Labute approximate surface area is 336 Å². The maximum atomic E-state index is 12.7. The molecule has 0 aliphatic heterocycles. The van der Waals surface area contributed by atoms with Crippen molar-refractivity contribution in [2.45, 2.75) is 265 Å². The Morgan fingerprint density at radius 2 is 0.611 bits per heavy atom. The van der Waals surface area contributed by atoms with Gasteiger partial charge in [0.2, 0.25) is 0 Å². The van der Waals surface area contributed by atoms with E-state index in [1.807, 2.05) is 0 Å². The highest BCUT2D eigenvalue weighted by Crippen LogP contribution is 2.17. The lowest BCUT2D eigenvalue weighted by molar-refractivity contribution is -0.167. The van der Waals surface area contributed by atoms with Gasteiger partial charge in [0.25, 0.3) is 0 Å². The van der Waals surface area contributed by atoms with Crippen LogP contribution in [0.5, 0.6) is 0 Å². The van der Waals surface area contributed by atoms with E-state index in [-0.39, 0.29) is 31.1 Å². The largest absolute Gasteiger partial charge is 0.462 e. The van der Waals surface area contributed by atoms with Crippen LogP contribution in [0.1, 0.15) is 259 Å². The standard InChI is InChI=1S/C48H92O6/c1-6-7-8-9-10-11-12-13-14-15-19-22-28-33-38-46(49)52-41-45(54-48(51)40-35-30-25-24-27-32-37-44(4)5)42-53-47(50)39-34-29-23-20-17-16-18-21-26-31-36-43(2)3/h43-45H,6-42H2,1-5H3/t45-/m0/s1. The van der Waals surface area contributed by atoms with Crippen molar-refractivity contribution >= 4 is 17.9 Å². The summed E-state index contributed by atoms with van der Waals surface area (Å²) in [5, 5.41) is 0. The number of carbonyl (C=O) groups excluding carboxylic acids is 3. The molecule has 0 fully saturated rings. The average molecular weight is 765 g/mol. The fourth-order valence-corrected chi connectivity index (χ4v) is 7.11. The zero-order valence-corrected chi connectivity index (χ0v) is 36.8. The number of ether oxygens (including phenoxy) is 3. The first-order chi connectivity index (χ1) is 26.2. The topological polar surface area (TPSA) is 78.9 Å². The number of unbranched alkanes of at least 4 members (excludes halogenated alkanes) is 27. The van der Waals surface area contributed by atoms with Crippen molar-refractivity contribution in [1.82, 2.24) is 0 Å². The van der Waals surface area contributed by atoms with Gasteiger partial charge in [-0.05, 0) is 31.1 Å². The highest BCUT2D eigenvalue weighted by Gasteiger charge is 2.19. The fourth-order valence-electron chi connectivity index (χ4n) is 7.11. The zero-order chi connectivity index (χ0) is 39.7. The molecule has 0 heterocycles. The summed E-state index contributed by atoms with van der Waals surface area (Å²) in [6, 6.07) is 0. The van der Waals surface area contributed by atoms with Gasteiger partial charge in [-0.2, -0.15) is 0 Å². The van der Waals surface area contributed by atoms with Crippen LogP contribution in [0.25, 0.3) is 0 Å². The van der Waals surface area contributed by atoms with Crippen molar-refractivity contribution in [3.8, 4) is 0 Å². The van der Waals surface area contributed by atoms with Crippen molar-refractivity contribution in [2.75, 3.05) is 13.2 Å². The number of rotatable bonds is 42. The first kappa shape index (κ1) is 52.4. The van der Waals surface area contributed by atoms with Crippen molar-refractivity contribution in [3.05, 3.63) is 0 Å². The number of hydrogen-bond donors (Lipinski definition) is 0. The maximum Gasteiger partial charge on any atom is 0.306 e. The minimum absolute atomic E-state index is 0.0654. The maximum absolute atomic E-state index is 12.7. The summed E-state index contributed by atoms with van der Waals surface area (Å²) in [6.45, 7) is 11.3. The summed E-state index contributed by atoms with van der Waals surface area (Å²) < 4.78 is 16.7. The number of hydrogen-bond acceptors (Lipinski definition) is 6. The molecule has 0 aromatic carbocycles. The first-order valence-corrected chi connectivity index (χ1v) is 23.7. The smallest absolute Gasteiger partial charge is 0.306 e. The SMILES string of the molecule is CCCCCCCCCCCCCCCCC(=O)OC[C@@H](COC(=O)CCCCCCCCCCCCC(C)C)OC(=O)CCCCCCCCC(C)C. The third kappa shape index (κ3) is 41.6. The van der Waals surface area contributed by atoms with Gasteiger partial charge in [0, 0.05) is 19.3 Å². The second-order valence-corrected chi connectivity index (χ2v) is 17.3. The van der Waals surface area contributed by atoms with Crippen LogP contribution in [0.4, 0.5) is 0 Å². The molecule has 0 aliphatic rings. The van der Waals surface area contributed by atoms with E-state index in [1.165, 1.54) is 148 Å². The van der Waals surface area contributed by atoms with E-state index in [4.69, 9.17) is 14.2 Å². The van der Waals surface area contributed by atoms with E-state index >= 15 is 0 Å². The van der Waals surface area contributed by atoms with E-state index in [2.05, 4.69) is 34.6 Å². The van der Waals surface area contributed by atoms with Gasteiger partial charge >= 0.3 is 17.9 Å². The Morgan fingerprint density at radius 3 is 0.907 bits per heavy atom. The summed E-state index contributed by atoms with van der Waals surface area (Å²) in [5.41, 5.74) is 0. The molecule has 0 saturated heterocycles. The van der Waals surface area contributed by atoms with Crippen LogP contribution in [-0.4, -0.2) is 37.2 Å². The Kier molecular flexibility index (Phi) is 39.8. The molecule has 0 saturated carbocycles. The summed E-state index contributed by atoms with van der Waals surface area (Å²) in [4.78, 5) is 37.7. The first-order valence-electron chi connectivity index (χ1n) is 23.7. The van der Waals surface area contributed by atoms with Gasteiger partial charge < -0.3 is 14.2 Å². The van der Waals surface area contributed by atoms with Gasteiger partial charge in [-0.15, -0.1) is 0 Å². The molecule has 0 aromatic rings. The minimum atomic E-state index is -0.761. The molecular formula is C48H92O6. The predicted molar refractivity (Wildman–Crippen MR) is 229 cm³/mol. The molecular weight excluding hydrogens is 673 g/mol. The summed E-state index contributed by atoms with van der Waals surface area (Å²) in [7, 11) is 0. The lowest BCUT2D eigenvalue weighted by Gasteiger charge is -2.18. The molecule has 1 atom stereocenters. The summed E-state index contributed by atoms with van der Waals surface area (Å²) >= 11 is 0. The van der Waals surface area contributed by atoms with Crippen LogP contribution < -0.4 is 0 Å². The molecule has 6 nitrogen and oxygen atoms in total. The van der Waals surface area contributed by atoms with Crippen LogP contribution in [0.2, 0.25) is 0 Å². The molecule has 320 valence electrons. The number of carbonyl (C=O) groups is 3. The Bertz CT molecular complexity index is 824.